The quantitative estimate of drug-likeness (QED) is 0.474. The van der Waals surface area contributed by atoms with Gasteiger partial charge in [-0.2, -0.15) is 0 Å². The van der Waals surface area contributed by atoms with Crippen LogP contribution in [0.15, 0.2) is 23.1 Å². The van der Waals surface area contributed by atoms with Gasteiger partial charge < -0.3 is 19.2 Å². The van der Waals surface area contributed by atoms with Gasteiger partial charge in [-0.3, -0.25) is 4.79 Å². The third-order valence-corrected chi connectivity index (χ3v) is 5.57. The molecular weight excluding hydrogens is 366 g/mol. The maximum atomic E-state index is 12.9. The number of ketones is 1. The molecule has 0 saturated heterocycles. The maximum absolute atomic E-state index is 12.9. The van der Waals surface area contributed by atoms with Crippen LogP contribution in [0.3, 0.4) is 0 Å². The minimum Gasteiger partial charge on any atom is -0.490 e. The fourth-order valence-electron chi connectivity index (χ4n) is 3.08. The summed E-state index contributed by atoms with van der Waals surface area (Å²) in [6.07, 6.45) is 0.847. The molecule has 2 heterocycles. The van der Waals surface area contributed by atoms with Crippen LogP contribution in [0.25, 0.3) is 0 Å². The van der Waals surface area contributed by atoms with Gasteiger partial charge in [0.1, 0.15) is 0 Å². The zero-order chi connectivity index (χ0) is 19.6. The van der Waals surface area contributed by atoms with Crippen LogP contribution >= 0.6 is 11.8 Å². The van der Waals surface area contributed by atoms with E-state index in [1.54, 1.807) is 13.8 Å². The van der Waals surface area contributed by atoms with Gasteiger partial charge in [-0.05, 0) is 44.5 Å². The van der Waals surface area contributed by atoms with E-state index in [0.717, 1.165) is 17.1 Å². The molecule has 7 heteroatoms. The number of carbonyl (C=O) groups excluding carboxylic acids is 2. The van der Waals surface area contributed by atoms with Gasteiger partial charge in [-0.15, -0.1) is 11.8 Å². The first-order chi connectivity index (χ1) is 12.9. The molecule has 2 aromatic rings. The number of aromatic amines is 1. The van der Waals surface area contributed by atoms with Gasteiger partial charge in [-0.1, -0.05) is 0 Å². The largest absolute Gasteiger partial charge is 0.490 e. The summed E-state index contributed by atoms with van der Waals surface area (Å²) in [5.41, 5.74) is 2.13. The third-order valence-electron chi connectivity index (χ3n) is 4.47. The van der Waals surface area contributed by atoms with Crippen molar-refractivity contribution in [1.29, 1.82) is 0 Å². The van der Waals surface area contributed by atoms with Crippen LogP contribution in [-0.4, -0.2) is 42.3 Å². The minimum atomic E-state index is -0.441. The van der Waals surface area contributed by atoms with Crippen molar-refractivity contribution in [3.05, 3.63) is 40.7 Å². The Morgan fingerprint density at radius 3 is 2.59 bits per heavy atom. The first-order valence-corrected chi connectivity index (χ1v) is 9.68. The summed E-state index contributed by atoms with van der Waals surface area (Å²) >= 11 is 1.44. The summed E-state index contributed by atoms with van der Waals surface area (Å²) < 4.78 is 16.2. The van der Waals surface area contributed by atoms with Gasteiger partial charge in [0.2, 0.25) is 0 Å². The number of methoxy groups -OCH3 is 1. The van der Waals surface area contributed by atoms with Crippen molar-refractivity contribution >= 4 is 23.5 Å². The molecule has 3 rings (SSSR count). The molecule has 1 aromatic heterocycles. The zero-order valence-corrected chi connectivity index (χ0v) is 16.7. The van der Waals surface area contributed by atoms with Crippen LogP contribution in [0.1, 0.15) is 45.4 Å². The standard InChI is InChI=1S/C20H23NO5S/c1-11-17(20(23)24-4)12(2)21-18(11)19(22)13(3)27-14-6-7-15-16(10-14)26-9-5-8-25-15/h6-7,10,13,21H,5,8-9H2,1-4H3/t13-/m1/s1. The smallest absolute Gasteiger partial charge is 0.339 e. The molecule has 1 aromatic carbocycles. The molecule has 0 radical (unpaired) electrons. The number of Topliss-reactive ketones (excluding diaryl/α,β-unsaturated/α-hetero) is 1. The monoisotopic (exact) mass is 389 g/mol. The highest BCUT2D eigenvalue weighted by Crippen LogP contribution is 2.36. The highest BCUT2D eigenvalue weighted by atomic mass is 32.2. The lowest BCUT2D eigenvalue weighted by Crippen LogP contribution is -2.15. The van der Waals surface area contributed by atoms with Crippen LogP contribution in [0.2, 0.25) is 0 Å². The molecule has 6 nitrogen and oxygen atoms in total. The van der Waals surface area contributed by atoms with Crippen molar-refractivity contribution in [2.75, 3.05) is 20.3 Å². The number of ether oxygens (including phenoxy) is 3. The number of benzene rings is 1. The molecule has 27 heavy (non-hydrogen) atoms. The Hall–Kier alpha value is -2.41. The summed E-state index contributed by atoms with van der Waals surface area (Å²) in [5.74, 6) is 0.929. The second kappa shape index (κ2) is 8.08. The molecule has 1 atom stereocenters. The van der Waals surface area contributed by atoms with Gasteiger partial charge >= 0.3 is 5.97 Å². The number of H-pyrrole nitrogens is 1. The van der Waals surface area contributed by atoms with Gasteiger partial charge in [-0.25, -0.2) is 4.79 Å². The lowest BCUT2D eigenvalue weighted by atomic mass is 10.1. The molecule has 0 spiro atoms. The molecule has 1 aliphatic heterocycles. The van der Waals surface area contributed by atoms with Crippen molar-refractivity contribution in [3.8, 4) is 11.5 Å². The fourth-order valence-corrected chi connectivity index (χ4v) is 4.04. The van der Waals surface area contributed by atoms with Crippen molar-refractivity contribution in [1.82, 2.24) is 4.98 Å². The first kappa shape index (κ1) is 19.4. The molecule has 144 valence electrons. The fraction of sp³-hybridized carbons (Fsp3) is 0.400. The number of hydrogen-bond donors (Lipinski definition) is 1. The summed E-state index contributed by atoms with van der Waals surface area (Å²) in [6.45, 7) is 6.63. The topological polar surface area (TPSA) is 77.6 Å². The number of thioether (sulfide) groups is 1. The van der Waals surface area contributed by atoms with E-state index in [2.05, 4.69) is 4.98 Å². The number of carbonyl (C=O) groups is 2. The van der Waals surface area contributed by atoms with Gasteiger partial charge in [0.25, 0.3) is 0 Å². The first-order valence-electron chi connectivity index (χ1n) is 8.80. The Morgan fingerprint density at radius 1 is 1.19 bits per heavy atom. The molecule has 1 N–H and O–H groups in total. The van der Waals surface area contributed by atoms with E-state index in [1.165, 1.54) is 18.9 Å². The Bertz CT molecular complexity index is 873. The third kappa shape index (κ3) is 3.98. The van der Waals surface area contributed by atoms with Crippen molar-refractivity contribution in [2.45, 2.75) is 37.3 Å². The van der Waals surface area contributed by atoms with Gasteiger partial charge in [0.05, 0.1) is 36.8 Å². The van der Waals surface area contributed by atoms with E-state index in [1.807, 2.05) is 25.1 Å². The zero-order valence-electron chi connectivity index (χ0n) is 15.9. The van der Waals surface area contributed by atoms with E-state index in [4.69, 9.17) is 14.2 Å². The summed E-state index contributed by atoms with van der Waals surface area (Å²) in [6, 6.07) is 5.70. The van der Waals surface area contributed by atoms with Crippen molar-refractivity contribution in [3.63, 3.8) is 0 Å². The highest BCUT2D eigenvalue weighted by molar-refractivity contribution is 8.00. The van der Waals surface area contributed by atoms with E-state index in [0.29, 0.717) is 41.5 Å². The average Bonchev–Trinajstić information content (AvgIpc) is 2.82. The Kier molecular flexibility index (Phi) is 5.79. The summed E-state index contributed by atoms with van der Waals surface area (Å²) in [7, 11) is 1.33. The molecule has 0 aliphatic carbocycles. The number of esters is 1. The van der Waals surface area contributed by atoms with E-state index in [-0.39, 0.29) is 11.0 Å². The summed E-state index contributed by atoms with van der Waals surface area (Å²) in [4.78, 5) is 28.8. The van der Waals surface area contributed by atoms with Crippen molar-refractivity contribution < 1.29 is 23.8 Å². The average molecular weight is 389 g/mol. The van der Waals surface area contributed by atoms with Crippen molar-refractivity contribution in [2.24, 2.45) is 0 Å². The molecule has 0 unspecified atom stereocenters. The van der Waals surface area contributed by atoms with Gasteiger partial charge in [0.15, 0.2) is 17.3 Å². The molecule has 0 amide bonds. The SMILES string of the molecule is COC(=O)c1c(C)[nH]c(C(=O)[C@@H](C)Sc2ccc3c(c2)OCCCO3)c1C. The molecule has 0 fully saturated rings. The summed E-state index contributed by atoms with van der Waals surface area (Å²) in [5, 5.41) is -0.336. The number of fused-ring (bicyclic) bond motifs is 1. The van der Waals surface area contributed by atoms with Crippen LogP contribution < -0.4 is 9.47 Å². The molecule has 0 saturated carbocycles. The Morgan fingerprint density at radius 2 is 1.89 bits per heavy atom. The molecule has 1 aliphatic rings. The van der Waals surface area contributed by atoms with Crippen LogP contribution in [-0.2, 0) is 4.74 Å². The van der Waals surface area contributed by atoms with Crippen LogP contribution in [0, 0.1) is 13.8 Å². The molecular formula is C20H23NO5S. The van der Waals surface area contributed by atoms with E-state index in [9.17, 15) is 9.59 Å². The Balaban J connectivity index is 1.79. The number of nitrogens with one attached hydrogen (secondary N) is 1. The lowest BCUT2D eigenvalue weighted by Gasteiger charge is -2.13. The predicted molar refractivity (Wildman–Crippen MR) is 103 cm³/mol. The van der Waals surface area contributed by atoms with Crippen LogP contribution in [0.4, 0.5) is 0 Å². The Labute approximate surface area is 162 Å². The second-order valence-corrected chi connectivity index (χ2v) is 7.81. The second-order valence-electron chi connectivity index (χ2n) is 6.40. The highest BCUT2D eigenvalue weighted by Gasteiger charge is 2.26. The van der Waals surface area contributed by atoms with Gasteiger partial charge in [0, 0.05) is 17.0 Å². The number of aromatic nitrogens is 1. The predicted octanol–water partition coefficient (Wildman–Crippen LogP) is 3.94. The number of rotatable bonds is 5. The maximum Gasteiger partial charge on any atom is 0.339 e. The van der Waals surface area contributed by atoms with E-state index < -0.39 is 5.97 Å². The minimum absolute atomic E-state index is 0.0668. The van der Waals surface area contributed by atoms with E-state index >= 15 is 0 Å². The van der Waals surface area contributed by atoms with Crippen LogP contribution in [0.5, 0.6) is 11.5 Å². The normalized spacial score (nSPS) is 14.4. The number of aryl methyl sites for hydroxylation is 1. The molecule has 0 bridgehead atoms. The number of hydrogen-bond acceptors (Lipinski definition) is 6. The lowest BCUT2D eigenvalue weighted by molar-refractivity contribution is 0.0599.